The van der Waals surface area contributed by atoms with Crippen LogP contribution in [0, 0.1) is 12.8 Å². The Morgan fingerprint density at radius 1 is 1.19 bits per heavy atom. The van der Waals surface area contributed by atoms with Gasteiger partial charge >= 0.3 is 0 Å². The van der Waals surface area contributed by atoms with Crippen molar-refractivity contribution in [2.45, 2.75) is 51.6 Å². The number of hydrogen-bond donors (Lipinski definition) is 0. The van der Waals surface area contributed by atoms with Crippen molar-refractivity contribution >= 4 is 11.9 Å². The van der Waals surface area contributed by atoms with Crippen molar-refractivity contribution in [1.82, 2.24) is 9.80 Å². The van der Waals surface area contributed by atoms with E-state index < -0.39 is 0 Å². The van der Waals surface area contributed by atoms with Crippen LogP contribution >= 0.6 is 0 Å². The molecule has 0 saturated carbocycles. The van der Waals surface area contributed by atoms with Crippen LogP contribution in [0.3, 0.4) is 0 Å². The third-order valence-electron chi connectivity index (χ3n) is 7.53. The molecule has 2 atom stereocenters. The lowest BCUT2D eigenvalue weighted by Gasteiger charge is -2.46. The number of allylic oxidation sites excluding steroid dienone is 1. The lowest BCUT2D eigenvalue weighted by Crippen LogP contribution is -2.51. The topological polar surface area (TPSA) is 55.2 Å². The molecule has 2 saturated heterocycles. The van der Waals surface area contributed by atoms with Crippen molar-refractivity contribution < 1.29 is 18.7 Å². The maximum absolute atomic E-state index is 13.1. The number of nitrogens with zero attached hydrogens (tertiary/aromatic N) is 2. The van der Waals surface area contributed by atoms with Gasteiger partial charge in [-0.15, -0.1) is 0 Å². The number of rotatable bonds is 3. The molecule has 0 bridgehead atoms. The van der Waals surface area contributed by atoms with E-state index in [2.05, 4.69) is 9.80 Å². The number of hydrogen-bond acceptors (Lipinski definition) is 6. The zero-order valence-electron chi connectivity index (χ0n) is 18.6. The summed E-state index contributed by atoms with van der Waals surface area (Å²) in [5, 5.41) is 0. The summed E-state index contributed by atoms with van der Waals surface area (Å²) in [6.07, 6.45) is 9.87. The minimum absolute atomic E-state index is 0.0843. The molecule has 4 aliphatic heterocycles. The van der Waals surface area contributed by atoms with E-state index in [4.69, 9.17) is 13.9 Å². The minimum atomic E-state index is -0.0843. The molecule has 168 valence electrons. The molecule has 6 nitrogen and oxygen atoms in total. The van der Waals surface area contributed by atoms with Gasteiger partial charge in [0.1, 0.15) is 24.0 Å². The monoisotopic (exact) mass is 434 g/mol. The molecule has 0 radical (unpaired) electrons. The summed E-state index contributed by atoms with van der Waals surface area (Å²) in [6, 6.07) is 6.32. The molecular formula is C26H30N2O4. The van der Waals surface area contributed by atoms with Gasteiger partial charge in [-0.2, -0.15) is 0 Å². The first-order chi connectivity index (χ1) is 15.7. The van der Waals surface area contributed by atoms with E-state index in [-0.39, 0.29) is 5.78 Å². The third kappa shape index (κ3) is 3.46. The van der Waals surface area contributed by atoms with Gasteiger partial charge in [0.15, 0.2) is 5.76 Å². The predicted octanol–water partition coefficient (Wildman–Crippen LogP) is 4.62. The normalized spacial score (nSPS) is 26.9. The summed E-state index contributed by atoms with van der Waals surface area (Å²) < 4.78 is 17.7. The molecular weight excluding hydrogens is 404 g/mol. The highest BCUT2D eigenvalue weighted by Crippen LogP contribution is 2.44. The van der Waals surface area contributed by atoms with Gasteiger partial charge in [0, 0.05) is 25.2 Å². The van der Waals surface area contributed by atoms with Crippen LogP contribution in [0.25, 0.3) is 6.08 Å². The molecule has 1 aromatic heterocycles. The molecule has 1 aromatic carbocycles. The Bertz CT molecular complexity index is 1060. The number of ether oxygens (including phenoxy) is 2. The molecule has 0 aliphatic carbocycles. The Kier molecular flexibility index (Phi) is 5.07. The van der Waals surface area contributed by atoms with Gasteiger partial charge < -0.3 is 18.8 Å². The molecule has 2 aromatic rings. The number of piperidine rings is 2. The zero-order chi connectivity index (χ0) is 21.7. The summed E-state index contributed by atoms with van der Waals surface area (Å²) in [7, 11) is 0. The van der Waals surface area contributed by atoms with Gasteiger partial charge in [-0.05, 0) is 75.4 Å². The van der Waals surface area contributed by atoms with Gasteiger partial charge in [0.2, 0.25) is 5.78 Å². The van der Waals surface area contributed by atoms with E-state index >= 15 is 0 Å². The predicted molar refractivity (Wildman–Crippen MR) is 121 cm³/mol. The second kappa shape index (κ2) is 8.09. The van der Waals surface area contributed by atoms with Crippen LogP contribution in [0.4, 0.5) is 0 Å². The molecule has 0 unspecified atom stereocenters. The third-order valence-corrected chi connectivity index (χ3v) is 7.53. The fraction of sp³-hybridized carbons (Fsp3) is 0.500. The van der Waals surface area contributed by atoms with E-state index in [0.29, 0.717) is 41.5 Å². The van der Waals surface area contributed by atoms with Crippen LogP contribution in [0.5, 0.6) is 11.5 Å². The van der Waals surface area contributed by atoms with Gasteiger partial charge in [-0.1, -0.05) is 6.42 Å². The number of benzene rings is 1. The van der Waals surface area contributed by atoms with Crippen molar-refractivity contribution in [2.24, 2.45) is 5.92 Å². The van der Waals surface area contributed by atoms with Crippen LogP contribution < -0.4 is 9.47 Å². The van der Waals surface area contributed by atoms with Crippen LogP contribution in [-0.2, 0) is 6.54 Å². The largest absolute Gasteiger partial charge is 0.478 e. The second-order valence-electron chi connectivity index (χ2n) is 9.62. The maximum atomic E-state index is 13.1. The van der Waals surface area contributed by atoms with Gasteiger partial charge in [-0.3, -0.25) is 9.69 Å². The highest BCUT2D eigenvalue weighted by Gasteiger charge is 2.38. The van der Waals surface area contributed by atoms with Crippen molar-refractivity contribution in [1.29, 1.82) is 0 Å². The van der Waals surface area contributed by atoms with Crippen LogP contribution in [-0.4, -0.2) is 48.0 Å². The van der Waals surface area contributed by atoms with Crippen molar-refractivity contribution in [3.8, 4) is 11.5 Å². The van der Waals surface area contributed by atoms with Crippen LogP contribution in [0.15, 0.2) is 34.6 Å². The number of carbonyl (C=O) groups is 1. The summed E-state index contributed by atoms with van der Waals surface area (Å²) in [6.45, 7) is 6.85. The average molecular weight is 435 g/mol. The molecule has 0 N–H and O–H groups in total. The molecule has 0 amide bonds. The van der Waals surface area contributed by atoms with Gasteiger partial charge in [0.05, 0.1) is 17.4 Å². The maximum Gasteiger partial charge on any atom is 0.232 e. The smallest absolute Gasteiger partial charge is 0.232 e. The molecule has 5 heterocycles. The summed E-state index contributed by atoms with van der Waals surface area (Å²) in [5.41, 5.74) is 2.54. The number of ketones is 1. The standard InChI is InChI=1S/C26H30N2O4/c1-17-12-22-20(26-24(17)25(29)23(32-26)13-19-7-5-11-30-19)15-27(16-31-22)14-18-6-4-10-28-9-3-2-8-21(18)28/h5,7,11-13,18,21H,2-4,6,8-10,14-16H2,1H3/t18-,21-/m1/s1. The van der Waals surface area contributed by atoms with E-state index in [9.17, 15) is 4.79 Å². The Hall–Kier alpha value is -2.57. The Morgan fingerprint density at radius 2 is 2.09 bits per heavy atom. The van der Waals surface area contributed by atoms with E-state index in [1.54, 1.807) is 18.4 Å². The molecule has 0 spiro atoms. The lowest BCUT2D eigenvalue weighted by atomic mass is 9.83. The number of fused-ring (bicyclic) bond motifs is 4. The lowest BCUT2D eigenvalue weighted by molar-refractivity contribution is 0.0141. The summed E-state index contributed by atoms with van der Waals surface area (Å²) in [5.74, 6) is 3.03. The Labute approximate surface area is 188 Å². The minimum Gasteiger partial charge on any atom is -0.478 e. The highest BCUT2D eigenvalue weighted by atomic mass is 16.5. The van der Waals surface area contributed by atoms with E-state index in [1.165, 1.54) is 45.2 Å². The van der Waals surface area contributed by atoms with Gasteiger partial charge in [-0.25, -0.2) is 0 Å². The first-order valence-electron chi connectivity index (χ1n) is 11.9. The fourth-order valence-corrected chi connectivity index (χ4v) is 6.02. The van der Waals surface area contributed by atoms with Crippen LogP contribution in [0.1, 0.15) is 59.3 Å². The van der Waals surface area contributed by atoms with Crippen molar-refractivity contribution in [2.75, 3.05) is 26.4 Å². The number of carbonyl (C=O) groups excluding carboxylic acids is 1. The Morgan fingerprint density at radius 3 is 2.97 bits per heavy atom. The molecule has 4 aliphatic rings. The van der Waals surface area contributed by atoms with Crippen molar-refractivity contribution in [3.63, 3.8) is 0 Å². The molecule has 32 heavy (non-hydrogen) atoms. The second-order valence-corrected chi connectivity index (χ2v) is 9.62. The van der Waals surface area contributed by atoms with Crippen LogP contribution in [0.2, 0.25) is 0 Å². The number of furan rings is 1. The average Bonchev–Trinajstić information content (AvgIpc) is 3.43. The van der Waals surface area contributed by atoms with E-state index in [0.717, 1.165) is 30.0 Å². The fourth-order valence-electron chi connectivity index (χ4n) is 6.02. The molecule has 2 fully saturated rings. The van der Waals surface area contributed by atoms with E-state index in [1.807, 2.05) is 19.1 Å². The van der Waals surface area contributed by atoms with Crippen molar-refractivity contribution in [3.05, 3.63) is 52.7 Å². The Balaban J connectivity index is 1.25. The molecule has 6 rings (SSSR count). The quantitative estimate of drug-likeness (QED) is 0.657. The number of aryl methyl sites for hydroxylation is 1. The first kappa shape index (κ1) is 20.1. The zero-order valence-corrected chi connectivity index (χ0v) is 18.6. The van der Waals surface area contributed by atoms with Gasteiger partial charge in [0.25, 0.3) is 0 Å². The first-order valence-corrected chi connectivity index (χ1v) is 11.9. The SMILES string of the molecule is Cc1cc2c(c3c1C(=O)C(=Cc1ccco1)O3)CN(C[C@H]1CCCN3CCCC[C@H]13)CO2. The summed E-state index contributed by atoms with van der Waals surface area (Å²) in [4.78, 5) is 18.2. The number of Topliss-reactive ketones (excluding diaryl/α,β-unsaturated/α-hetero) is 1. The summed E-state index contributed by atoms with van der Waals surface area (Å²) >= 11 is 0. The highest BCUT2D eigenvalue weighted by molar-refractivity contribution is 6.15. The molecule has 6 heteroatoms.